The van der Waals surface area contributed by atoms with Gasteiger partial charge in [-0.15, -0.1) is 12.1 Å². The standard InChI is InChI=1S/C44H30N6O.Pt/c1-25-7-5-8-26(2)38(25)34-16-15-33-31-13-11-29(21-35(31)42-46-17-19-49(42)41(33)40(34)39-27(3)9-6-10-28(39)4)51-30-12-14-32-36(22-30)43-47-18-20-50(43)44-37(32)23-45-24-48-44;/h5-20,23-24H,1-4H3;/q-2;+2. The molecule has 0 atom stereocenters. The van der Waals surface area contributed by atoms with Gasteiger partial charge in [-0.3, -0.25) is 9.97 Å². The van der Waals surface area contributed by atoms with E-state index in [1.807, 2.05) is 41.2 Å². The summed E-state index contributed by atoms with van der Waals surface area (Å²) in [6.45, 7) is 8.81. The molecule has 0 radical (unpaired) electrons. The van der Waals surface area contributed by atoms with Crippen LogP contribution in [0.2, 0.25) is 0 Å². The molecule has 0 aliphatic heterocycles. The van der Waals surface area contributed by atoms with Crippen LogP contribution in [0, 0.1) is 39.8 Å². The van der Waals surface area contributed by atoms with Gasteiger partial charge in [-0.05, 0) is 72.0 Å². The van der Waals surface area contributed by atoms with Crippen LogP contribution in [0.1, 0.15) is 22.3 Å². The number of pyridine rings is 2. The summed E-state index contributed by atoms with van der Waals surface area (Å²) < 4.78 is 10.7. The number of hydrogen-bond donors (Lipinski definition) is 0. The summed E-state index contributed by atoms with van der Waals surface area (Å²) in [5.41, 5.74) is 13.4. The van der Waals surface area contributed by atoms with Crippen LogP contribution in [0.4, 0.5) is 0 Å². The number of hydrogen-bond acceptors (Lipinski definition) is 5. The molecule has 0 unspecified atom stereocenters. The second kappa shape index (κ2) is 12.1. The van der Waals surface area contributed by atoms with Gasteiger partial charge in [0.15, 0.2) is 0 Å². The van der Waals surface area contributed by atoms with Gasteiger partial charge in [0.05, 0.1) is 11.3 Å². The number of fused-ring (bicyclic) bond motifs is 12. The molecule has 252 valence electrons. The van der Waals surface area contributed by atoms with E-state index < -0.39 is 0 Å². The summed E-state index contributed by atoms with van der Waals surface area (Å²) in [5.74, 6) is 1.14. The molecule has 7 nitrogen and oxygen atoms in total. The predicted octanol–water partition coefficient (Wildman–Crippen LogP) is 10.3. The zero-order valence-electron chi connectivity index (χ0n) is 28.8. The number of rotatable bonds is 4. The fraction of sp³-hybridized carbons (Fsp3) is 0.0909. The molecule has 52 heavy (non-hydrogen) atoms. The third-order valence-corrected chi connectivity index (χ3v) is 10.2. The number of aromatic nitrogens is 6. The van der Waals surface area contributed by atoms with Crippen LogP contribution in [0.15, 0.2) is 110 Å². The summed E-state index contributed by atoms with van der Waals surface area (Å²) in [7, 11) is 0. The van der Waals surface area contributed by atoms with Crippen LogP contribution < -0.4 is 4.74 Å². The Labute approximate surface area is 313 Å². The van der Waals surface area contributed by atoms with Crippen molar-refractivity contribution in [1.29, 1.82) is 0 Å². The van der Waals surface area contributed by atoms with Crippen LogP contribution in [0.25, 0.3) is 77.0 Å². The van der Waals surface area contributed by atoms with E-state index in [0.29, 0.717) is 11.5 Å². The first kappa shape index (κ1) is 32.0. The Kier molecular flexibility index (Phi) is 7.46. The van der Waals surface area contributed by atoms with E-state index in [1.54, 1.807) is 12.5 Å². The molecule has 0 spiro atoms. The summed E-state index contributed by atoms with van der Waals surface area (Å²) in [6.07, 6.45) is 11.0. The van der Waals surface area contributed by atoms with Gasteiger partial charge >= 0.3 is 21.1 Å². The monoisotopic (exact) mass is 853 g/mol. The van der Waals surface area contributed by atoms with Gasteiger partial charge in [0.2, 0.25) is 0 Å². The van der Waals surface area contributed by atoms with Crippen molar-refractivity contribution in [2.75, 3.05) is 0 Å². The van der Waals surface area contributed by atoms with Crippen molar-refractivity contribution in [3.63, 3.8) is 0 Å². The van der Waals surface area contributed by atoms with Gasteiger partial charge in [-0.25, -0.2) is 9.97 Å². The van der Waals surface area contributed by atoms with Crippen LogP contribution in [0.3, 0.4) is 0 Å². The molecule has 5 aromatic heterocycles. The van der Waals surface area contributed by atoms with Gasteiger partial charge in [0, 0.05) is 58.9 Å². The normalized spacial score (nSPS) is 11.7. The van der Waals surface area contributed by atoms with Crippen molar-refractivity contribution < 1.29 is 25.8 Å². The fourth-order valence-electron chi connectivity index (χ4n) is 7.99. The molecule has 0 aliphatic rings. The molecule has 10 rings (SSSR count). The second-order valence-corrected chi connectivity index (χ2v) is 13.2. The summed E-state index contributed by atoms with van der Waals surface area (Å²) in [5, 5.41) is 5.79. The SMILES string of the molecule is Cc1cccc(C)c1-c1ccc2c3ccc(Oc4[c-]c5c(cc4)c4cncnc4n4ccnc54)[c-]c3c3nccn3c2c1-c1c(C)cccc1C.[Pt+2]. The second-order valence-electron chi connectivity index (χ2n) is 13.2. The van der Waals surface area contributed by atoms with Crippen molar-refractivity contribution >= 4 is 54.8 Å². The Morgan fingerprint density at radius 3 is 1.75 bits per heavy atom. The number of nitrogens with zero attached hydrogens (tertiary/aromatic N) is 6. The molecule has 0 bridgehead atoms. The first-order valence-corrected chi connectivity index (χ1v) is 17.0. The Morgan fingerprint density at radius 2 is 1.10 bits per heavy atom. The van der Waals surface area contributed by atoms with E-state index in [9.17, 15) is 0 Å². The maximum absolute atomic E-state index is 6.48. The predicted molar refractivity (Wildman–Crippen MR) is 204 cm³/mol. The topological polar surface area (TPSA) is 69.6 Å². The van der Waals surface area contributed by atoms with Gasteiger partial charge in [-0.1, -0.05) is 94.3 Å². The number of ether oxygens (including phenoxy) is 1. The quantitative estimate of drug-likeness (QED) is 0.130. The maximum Gasteiger partial charge on any atom is 2.00 e. The van der Waals surface area contributed by atoms with Crippen molar-refractivity contribution in [3.8, 4) is 33.8 Å². The summed E-state index contributed by atoms with van der Waals surface area (Å²) in [6, 6.07) is 32.7. The molecular weight excluding hydrogens is 824 g/mol. The molecule has 0 saturated heterocycles. The number of aryl methyl sites for hydroxylation is 4. The van der Waals surface area contributed by atoms with Crippen molar-refractivity contribution in [2.24, 2.45) is 0 Å². The summed E-state index contributed by atoms with van der Waals surface area (Å²) in [4.78, 5) is 18.3. The maximum atomic E-state index is 6.48. The largest absolute Gasteiger partial charge is 2.00 e. The average Bonchev–Trinajstić information content (AvgIpc) is 3.84. The molecule has 10 aromatic rings. The zero-order valence-corrected chi connectivity index (χ0v) is 31.1. The van der Waals surface area contributed by atoms with Crippen molar-refractivity contribution in [2.45, 2.75) is 27.7 Å². The van der Waals surface area contributed by atoms with Gasteiger partial charge < -0.3 is 13.5 Å². The van der Waals surface area contributed by atoms with E-state index in [1.165, 1.54) is 44.5 Å². The van der Waals surface area contributed by atoms with E-state index in [4.69, 9.17) is 9.72 Å². The van der Waals surface area contributed by atoms with E-state index in [0.717, 1.165) is 54.8 Å². The Balaban J connectivity index is 0.00000360. The third kappa shape index (κ3) is 4.69. The van der Waals surface area contributed by atoms with E-state index in [-0.39, 0.29) is 21.1 Å². The van der Waals surface area contributed by atoms with Gasteiger partial charge in [0.25, 0.3) is 0 Å². The van der Waals surface area contributed by atoms with Gasteiger partial charge in [0.1, 0.15) is 12.0 Å². The number of imidazole rings is 2. The molecule has 0 aliphatic carbocycles. The Morgan fingerprint density at radius 1 is 0.538 bits per heavy atom. The first-order chi connectivity index (χ1) is 25.0. The summed E-state index contributed by atoms with van der Waals surface area (Å²) >= 11 is 0. The van der Waals surface area contributed by atoms with Crippen LogP contribution in [0.5, 0.6) is 11.5 Å². The minimum atomic E-state index is 0. The van der Waals surface area contributed by atoms with Crippen molar-refractivity contribution in [1.82, 2.24) is 28.7 Å². The van der Waals surface area contributed by atoms with Crippen molar-refractivity contribution in [3.05, 3.63) is 144 Å². The minimum absolute atomic E-state index is 0. The zero-order chi connectivity index (χ0) is 34.4. The average molecular weight is 854 g/mol. The molecule has 0 N–H and O–H groups in total. The smallest absolute Gasteiger partial charge is 0.497 e. The van der Waals surface area contributed by atoms with Crippen LogP contribution in [-0.4, -0.2) is 28.7 Å². The molecule has 5 heterocycles. The van der Waals surface area contributed by atoms with Crippen LogP contribution >= 0.6 is 0 Å². The fourth-order valence-corrected chi connectivity index (χ4v) is 7.99. The number of benzene rings is 5. The molecule has 5 aromatic carbocycles. The van der Waals surface area contributed by atoms with Gasteiger partial charge in [-0.2, -0.15) is 0 Å². The van der Waals surface area contributed by atoms with Crippen LogP contribution in [-0.2, 0) is 21.1 Å². The first-order valence-electron chi connectivity index (χ1n) is 17.0. The molecule has 0 amide bonds. The molecular formula is C44H30N6OPt. The third-order valence-electron chi connectivity index (χ3n) is 10.2. The Bertz CT molecular complexity index is 3030. The molecule has 0 saturated carbocycles. The minimum Gasteiger partial charge on any atom is -0.497 e. The Hall–Kier alpha value is -5.91. The molecule has 0 fully saturated rings. The molecule has 8 heteroatoms. The van der Waals surface area contributed by atoms with E-state index in [2.05, 4.69) is 120 Å². The van der Waals surface area contributed by atoms with E-state index >= 15 is 0 Å².